The summed E-state index contributed by atoms with van der Waals surface area (Å²) in [5.41, 5.74) is 3.89. The van der Waals surface area contributed by atoms with E-state index in [1.807, 2.05) is 79.0 Å². The lowest BCUT2D eigenvalue weighted by Crippen LogP contribution is -2.39. The highest BCUT2D eigenvalue weighted by Gasteiger charge is 2.48. The monoisotopic (exact) mass is 473 g/mol. The van der Waals surface area contributed by atoms with Gasteiger partial charge in [0.05, 0.1) is 16.0 Å². The van der Waals surface area contributed by atoms with Gasteiger partial charge in [-0.15, -0.1) is 11.3 Å². The van der Waals surface area contributed by atoms with Gasteiger partial charge in [-0.1, -0.05) is 66.2 Å². The van der Waals surface area contributed by atoms with Gasteiger partial charge >= 0.3 is 0 Å². The maximum Gasteiger partial charge on any atom is 0.264 e. The number of aldehydes is 1. The lowest BCUT2D eigenvalue weighted by molar-refractivity contribution is 0.112. The third-order valence-electron chi connectivity index (χ3n) is 6.33. The van der Waals surface area contributed by atoms with E-state index in [0.29, 0.717) is 23.4 Å². The van der Waals surface area contributed by atoms with Gasteiger partial charge in [0, 0.05) is 17.0 Å². The summed E-state index contributed by atoms with van der Waals surface area (Å²) in [4.78, 5) is 12.5. The predicted molar refractivity (Wildman–Crippen MR) is 133 cm³/mol. The van der Waals surface area contributed by atoms with Crippen LogP contribution in [-0.2, 0) is 21.9 Å². The summed E-state index contributed by atoms with van der Waals surface area (Å²) in [6, 6.07) is 26.4. The molecular weight excluding hydrogens is 450 g/mol. The van der Waals surface area contributed by atoms with Crippen molar-refractivity contribution >= 4 is 33.3 Å². The average Bonchev–Trinajstić information content (AvgIpc) is 3.48. The fraction of sp³-hybridized carbons (Fsp3) is 0.148. The topological polar surface area (TPSA) is 54.5 Å². The number of carbonyl (C=O) groups excluding carboxylic acids is 1. The maximum atomic E-state index is 13.8. The summed E-state index contributed by atoms with van der Waals surface area (Å²) in [5.74, 6) is 0. The molecule has 0 spiro atoms. The molecule has 4 aromatic rings. The van der Waals surface area contributed by atoms with Gasteiger partial charge in [-0.25, -0.2) is 8.42 Å². The summed E-state index contributed by atoms with van der Waals surface area (Å²) in [5, 5.41) is 2.03. The van der Waals surface area contributed by atoms with Gasteiger partial charge in [0.25, 0.3) is 10.0 Å². The summed E-state index contributed by atoms with van der Waals surface area (Å²) in [6.07, 6.45) is 1.46. The van der Waals surface area contributed by atoms with Crippen LogP contribution in [0.5, 0.6) is 0 Å². The van der Waals surface area contributed by atoms with Crippen LogP contribution in [0.2, 0.25) is 0 Å². The van der Waals surface area contributed by atoms with Crippen molar-refractivity contribution in [2.75, 3.05) is 10.8 Å². The predicted octanol–water partition coefficient (Wildman–Crippen LogP) is 5.61. The molecule has 0 saturated carbocycles. The van der Waals surface area contributed by atoms with Crippen molar-refractivity contribution in [3.63, 3.8) is 0 Å². The Morgan fingerprint density at radius 1 is 0.939 bits per heavy atom. The molecule has 1 aromatic heterocycles. The molecule has 1 aliphatic heterocycles. The molecule has 0 fully saturated rings. The number of nitrogens with zero attached hydrogens (tertiary/aromatic N) is 1. The van der Waals surface area contributed by atoms with Gasteiger partial charge in [0.15, 0.2) is 0 Å². The Morgan fingerprint density at radius 2 is 1.67 bits per heavy atom. The smallest absolute Gasteiger partial charge is 0.264 e. The van der Waals surface area contributed by atoms with Gasteiger partial charge < -0.3 is 0 Å². The van der Waals surface area contributed by atoms with Gasteiger partial charge in [-0.3, -0.25) is 9.10 Å². The lowest BCUT2D eigenvalue weighted by Gasteiger charge is -2.30. The average molecular weight is 474 g/mol. The van der Waals surface area contributed by atoms with Crippen LogP contribution in [0.4, 0.5) is 5.69 Å². The second kappa shape index (κ2) is 8.28. The molecule has 0 amide bonds. The highest BCUT2D eigenvalue weighted by molar-refractivity contribution is 7.92. The Bertz CT molecular complexity index is 1390. The zero-order chi connectivity index (χ0) is 23.1. The molecule has 0 N–H and O–H groups in total. The van der Waals surface area contributed by atoms with Crippen LogP contribution in [-0.4, -0.2) is 21.2 Å². The summed E-state index contributed by atoms with van der Waals surface area (Å²) < 4.78 is 29.1. The maximum absolute atomic E-state index is 13.8. The van der Waals surface area contributed by atoms with Crippen LogP contribution in [0.25, 0.3) is 0 Å². The molecule has 4 nitrogen and oxygen atoms in total. The number of anilines is 1. The summed E-state index contributed by atoms with van der Waals surface area (Å²) in [6.45, 7) is 2.26. The SMILES string of the molecule is Cc1ccc(S(=O)(=O)N2CC(Cc3ccc(C=O)cc3)(c3cccs3)c3ccccc32)cc1. The Balaban J connectivity index is 1.66. The zero-order valence-electron chi connectivity index (χ0n) is 18.1. The lowest BCUT2D eigenvalue weighted by atomic mass is 9.76. The largest absolute Gasteiger partial charge is 0.298 e. The van der Waals surface area contributed by atoms with Crippen LogP contribution < -0.4 is 4.31 Å². The van der Waals surface area contributed by atoms with Crippen LogP contribution >= 0.6 is 11.3 Å². The van der Waals surface area contributed by atoms with Crippen molar-refractivity contribution in [1.29, 1.82) is 0 Å². The zero-order valence-corrected chi connectivity index (χ0v) is 19.8. The van der Waals surface area contributed by atoms with Crippen molar-refractivity contribution in [1.82, 2.24) is 0 Å². The molecule has 0 bridgehead atoms. The van der Waals surface area contributed by atoms with Crippen molar-refractivity contribution in [2.24, 2.45) is 0 Å². The number of hydrogen-bond acceptors (Lipinski definition) is 4. The van der Waals surface area contributed by atoms with Crippen molar-refractivity contribution in [3.8, 4) is 0 Å². The highest BCUT2D eigenvalue weighted by Crippen LogP contribution is 2.50. The number of aryl methyl sites for hydroxylation is 1. The molecule has 166 valence electrons. The standard InChI is InChI=1S/C27H23NO3S2/c1-20-8-14-23(15-9-20)33(30,31)28-19-27(26-7-4-16-32-26,24-5-2-3-6-25(24)28)17-21-10-12-22(18-29)13-11-21/h2-16,18H,17,19H2,1H3. The quantitative estimate of drug-likeness (QED) is 0.342. The van der Waals surface area contributed by atoms with E-state index < -0.39 is 15.4 Å². The number of rotatable bonds is 6. The van der Waals surface area contributed by atoms with Crippen molar-refractivity contribution < 1.29 is 13.2 Å². The van der Waals surface area contributed by atoms with Crippen LogP contribution in [0.1, 0.15) is 31.9 Å². The van der Waals surface area contributed by atoms with E-state index in [0.717, 1.165) is 33.5 Å². The Kier molecular flexibility index (Phi) is 5.43. The van der Waals surface area contributed by atoms with Crippen molar-refractivity contribution in [2.45, 2.75) is 23.7 Å². The first kappa shape index (κ1) is 21.6. The molecule has 0 saturated heterocycles. The molecule has 0 aliphatic carbocycles. The summed E-state index contributed by atoms with van der Waals surface area (Å²) >= 11 is 1.64. The number of para-hydroxylation sites is 1. The Labute approximate surface area is 198 Å². The fourth-order valence-electron chi connectivity index (χ4n) is 4.63. The Hall–Kier alpha value is -3.22. The van der Waals surface area contributed by atoms with E-state index >= 15 is 0 Å². The summed E-state index contributed by atoms with van der Waals surface area (Å²) in [7, 11) is -3.74. The Morgan fingerprint density at radius 3 is 2.33 bits per heavy atom. The molecule has 2 heterocycles. The molecule has 1 atom stereocenters. The first-order valence-electron chi connectivity index (χ1n) is 10.7. The normalized spacial score (nSPS) is 17.7. The van der Waals surface area contributed by atoms with E-state index in [-0.39, 0.29) is 0 Å². The van der Waals surface area contributed by atoms with Crippen molar-refractivity contribution in [3.05, 3.63) is 117 Å². The van der Waals surface area contributed by atoms with Crippen LogP contribution in [0.15, 0.2) is 95.2 Å². The molecular formula is C27H23NO3S2. The fourth-order valence-corrected chi connectivity index (χ4v) is 7.10. The van der Waals surface area contributed by atoms with Gasteiger partial charge in [0.1, 0.15) is 6.29 Å². The minimum absolute atomic E-state index is 0.292. The van der Waals surface area contributed by atoms with E-state index in [1.54, 1.807) is 27.8 Å². The first-order valence-corrected chi connectivity index (χ1v) is 13.0. The molecule has 1 unspecified atom stereocenters. The van der Waals surface area contributed by atoms with E-state index in [9.17, 15) is 13.2 Å². The molecule has 1 aliphatic rings. The second-order valence-electron chi connectivity index (χ2n) is 8.44. The number of carbonyl (C=O) groups is 1. The van der Waals surface area contributed by atoms with Crippen LogP contribution in [0, 0.1) is 6.92 Å². The number of thiophene rings is 1. The van der Waals surface area contributed by atoms with Gasteiger partial charge in [0.2, 0.25) is 0 Å². The van der Waals surface area contributed by atoms with E-state index in [2.05, 4.69) is 6.07 Å². The number of hydrogen-bond donors (Lipinski definition) is 0. The molecule has 33 heavy (non-hydrogen) atoms. The third-order valence-corrected chi connectivity index (χ3v) is 9.17. The number of benzene rings is 3. The molecule has 3 aromatic carbocycles. The van der Waals surface area contributed by atoms with Gasteiger partial charge in [-0.05, 0) is 54.1 Å². The molecule has 0 radical (unpaired) electrons. The minimum atomic E-state index is -3.74. The van der Waals surface area contributed by atoms with Crippen LogP contribution in [0.3, 0.4) is 0 Å². The number of sulfonamides is 1. The van der Waals surface area contributed by atoms with E-state index in [1.165, 1.54) is 0 Å². The second-order valence-corrected chi connectivity index (χ2v) is 11.2. The minimum Gasteiger partial charge on any atom is -0.298 e. The highest BCUT2D eigenvalue weighted by atomic mass is 32.2. The third kappa shape index (κ3) is 3.69. The van der Waals surface area contributed by atoms with Gasteiger partial charge in [-0.2, -0.15) is 0 Å². The van der Waals surface area contributed by atoms with E-state index in [4.69, 9.17) is 0 Å². The number of fused-ring (bicyclic) bond motifs is 1. The molecule has 5 rings (SSSR count). The molecule has 6 heteroatoms. The first-order chi connectivity index (χ1) is 15.9.